The number of nitrogens with one attached hydrogen (secondary N) is 1. The standard InChI is InChI=1S/C19H28N2O2/c1-2-3-4-5-6-7-8-16-9-11-17(12-10-16)18(15-20)13-14-21-19(22)23/h9-12,18,21H,2-8,13-14H2,1H3,(H,22,23). The third kappa shape index (κ3) is 8.25. The van der Waals surface area contributed by atoms with E-state index >= 15 is 0 Å². The van der Waals surface area contributed by atoms with Gasteiger partial charge < -0.3 is 10.4 Å². The van der Waals surface area contributed by atoms with E-state index in [-0.39, 0.29) is 5.92 Å². The summed E-state index contributed by atoms with van der Waals surface area (Å²) in [6.45, 7) is 2.53. The zero-order valence-electron chi connectivity index (χ0n) is 14.1. The maximum absolute atomic E-state index is 10.4. The minimum absolute atomic E-state index is 0.259. The first kappa shape index (κ1) is 19.0. The van der Waals surface area contributed by atoms with Crippen LogP contribution < -0.4 is 5.32 Å². The highest BCUT2D eigenvalue weighted by Crippen LogP contribution is 2.20. The molecular weight excluding hydrogens is 288 g/mol. The molecule has 0 aliphatic rings. The Hall–Kier alpha value is -2.02. The van der Waals surface area contributed by atoms with E-state index in [1.807, 2.05) is 12.1 Å². The Kier molecular flexibility index (Phi) is 9.54. The van der Waals surface area contributed by atoms with Gasteiger partial charge in [0.05, 0.1) is 12.0 Å². The van der Waals surface area contributed by atoms with E-state index in [4.69, 9.17) is 5.11 Å². The summed E-state index contributed by atoms with van der Waals surface area (Å²) in [4.78, 5) is 10.4. The monoisotopic (exact) mass is 316 g/mol. The van der Waals surface area contributed by atoms with Crippen molar-refractivity contribution in [3.05, 3.63) is 35.4 Å². The maximum atomic E-state index is 10.4. The van der Waals surface area contributed by atoms with Crippen LogP contribution in [0.15, 0.2) is 24.3 Å². The Morgan fingerprint density at radius 3 is 2.43 bits per heavy atom. The summed E-state index contributed by atoms with van der Waals surface area (Å²) in [7, 11) is 0. The first-order valence-corrected chi connectivity index (χ1v) is 8.62. The van der Waals surface area contributed by atoms with Crippen molar-refractivity contribution in [3.8, 4) is 6.07 Å². The lowest BCUT2D eigenvalue weighted by atomic mass is 9.95. The van der Waals surface area contributed by atoms with Gasteiger partial charge in [-0.2, -0.15) is 5.26 Å². The van der Waals surface area contributed by atoms with Crippen molar-refractivity contribution >= 4 is 6.09 Å². The molecule has 2 N–H and O–H groups in total. The van der Waals surface area contributed by atoms with Crippen LogP contribution in [0.25, 0.3) is 0 Å². The van der Waals surface area contributed by atoms with Gasteiger partial charge in [-0.25, -0.2) is 4.79 Å². The van der Waals surface area contributed by atoms with Crippen LogP contribution in [0.2, 0.25) is 0 Å². The number of nitriles is 1. The first-order valence-electron chi connectivity index (χ1n) is 8.62. The van der Waals surface area contributed by atoms with Crippen LogP contribution in [-0.2, 0) is 6.42 Å². The Balaban J connectivity index is 2.36. The number of unbranched alkanes of at least 4 members (excludes halogenated alkanes) is 5. The summed E-state index contributed by atoms with van der Waals surface area (Å²) in [5.41, 5.74) is 2.27. The number of hydrogen-bond donors (Lipinski definition) is 2. The third-order valence-electron chi connectivity index (χ3n) is 4.07. The number of rotatable bonds is 11. The highest BCUT2D eigenvalue weighted by molar-refractivity contribution is 5.64. The van der Waals surface area contributed by atoms with Gasteiger partial charge in [-0.15, -0.1) is 0 Å². The molecule has 4 nitrogen and oxygen atoms in total. The molecule has 0 aliphatic carbocycles. The minimum Gasteiger partial charge on any atom is -0.465 e. The molecule has 0 aliphatic heterocycles. The van der Waals surface area contributed by atoms with Gasteiger partial charge in [0.25, 0.3) is 0 Å². The van der Waals surface area contributed by atoms with Gasteiger partial charge in [0.15, 0.2) is 0 Å². The highest BCUT2D eigenvalue weighted by atomic mass is 16.4. The SMILES string of the molecule is CCCCCCCCc1ccc(C(C#N)CCNC(=O)O)cc1. The number of hydrogen-bond acceptors (Lipinski definition) is 2. The van der Waals surface area contributed by atoms with E-state index in [9.17, 15) is 10.1 Å². The molecule has 23 heavy (non-hydrogen) atoms. The number of aryl methyl sites for hydroxylation is 1. The molecule has 0 radical (unpaired) electrons. The molecule has 0 saturated heterocycles. The summed E-state index contributed by atoms with van der Waals surface area (Å²) in [5, 5.41) is 20.1. The zero-order chi connectivity index (χ0) is 16.9. The van der Waals surface area contributed by atoms with Gasteiger partial charge in [-0.1, -0.05) is 63.3 Å². The highest BCUT2D eigenvalue weighted by Gasteiger charge is 2.10. The van der Waals surface area contributed by atoms with E-state index in [0.29, 0.717) is 13.0 Å². The fourth-order valence-electron chi connectivity index (χ4n) is 2.66. The van der Waals surface area contributed by atoms with Crippen molar-refractivity contribution in [3.63, 3.8) is 0 Å². The van der Waals surface area contributed by atoms with E-state index in [1.165, 1.54) is 44.1 Å². The fraction of sp³-hybridized carbons (Fsp3) is 0.579. The Bertz CT molecular complexity index is 491. The van der Waals surface area contributed by atoms with Crippen molar-refractivity contribution in [2.75, 3.05) is 6.54 Å². The predicted octanol–water partition coefficient (Wildman–Crippen LogP) is 4.85. The molecule has 0 spiro atoms. The van der Waals surface area contributed by atoms with Gasteiger partial charge in [-0.05, 0) is 30.4 Å². The molecule has 0 bridgehead atoms. The Morgan fingerprint density at radius 2 is 1.83 bits per heavy atom. The minimum atomic E-state index is -1.05. The van der Waals surface area contributed by atoms with Crippen molar-refractivity contribution in [1.82, 2.24) is 5.32 Å². The Morgan fingerprint density at radius 1 is 1.17 bits per heavy atom. The first-order chi connectivity index (χ1) is 11.2. The second-order valence-electron chi connectivity index (χ2n) is 5.96. The van der Waals surface area contributed by atoms with Crippen molar-refractivity contribution in [1.29, 1.82) is 5.26 Å². The number of carboxylic acid groups (broad SMARTS) is 1. The average molecular weight is 316 g/mol. The maximum Gasteiger partial charge on any atom is 0.404 e. The molecule has 1 rings (SSSR count). The van der Waals surface area contributed by atoms with Crippen LogP contribution in [0, 0.1) is 11.3 Å². The lowest BCUT2D eigenvalue weighted by molar-refractivity contribution is 0.194. The summed E-state index contributed by atoms with van der Waals surface area (Å²) < 4.78 is 0. The van der Waals surface area contributed by atoms with Crippen molar-refractivity contribution in [2.24, 2.45) is 0 Å². The van der Waals surface area contributed by atoms with E-state index < -0.39 is 6.09 Å². The molecule has 126 valence electrons. The zero-order valence-corrected chi connectivity index (χ0v) is 14.1. The van der Waals surface area contributed by atoms with Crippen LogP contribution >= 0.6 is 0 Å². The van der Waals surface area contributed by atoms with Crippen LogP contribution in [-0.4, -0.2) is 17.7 Å². The van der Waals surface area contributed by atoms with Gasteiger partial charge >= 0.3 is 6.09 Å². The summed E-state index contributed by atoms with van der Waals surface area (Å²) in [6, 6.07) is 10.4. The number of nitrogens with zero attached hydrogens (tertiary/aromatic N) is 1. The molecule has 1 atom stereocenters. The molecule has 0 heterocycles. The molecule has 0 aromatic heterocycles. The van der Waals surface area contributed by atoms with Crippen LogP contribution in [0.5, 0.6) is 0 Å². The average Bonchev–Trinajstić information content (AvgIpc) is 2.55. The number of benzene rings is 1. The van der Waals surface area contributed by atoms with E-state index in [0.717, 1.165) is 12.0 Å². The summed E-state index contributed by atoms with van der Waals surface area (Å²) in [5.74, 6) is -0.259. The second kappa shape index (κ2) is 11.5. The number of carbonyl (C=O) groups is 1. The van der Waals surface area contributed by atoms with Crippen LogP contribution in [0.1, 0.15) is 68.9 Å². The fourth-order valence-corrected chi connectivity index (χ4v) is 2.66. The van der Waals surface area contributed by atoms with Crippen LogP contribution in [0.3, 0.4) is 0 Å². The molecule has 1 unspecified atom stereocenters. The summed E-state index contributed by atoms with van der Waals surface area (Å²) >= 11 is 0. The van der Waals surface area contributed by atoms with Crippen LogP contribution in [0.4, 0.5) is 4.79 Å². The van der Waals surface area contributed by atoms with Crippen molar-refractivity contribution in [2.45, 2.75) is 64.2 Å². The second-order valence-corrected chi connectivity index (χ2v) is 5.96. The predicted molar refractivity (Wildman–Crippen MR) is 92.5 cm³/mol. The normalized spacial score (nSPS) is 11.7. The van der Waals surface area contributed by atoms with E-state index in [1.54, 1.807) is 0 Å². The molecule has 1 aromatic rings. The van der Waals surface area contributed by atoms with Gasteiger partial charge in [0, 0.05) is 6.54 Å². The van der Waals surface area contributed by atoms with Gasteiger partial charge in [0.1, 0.15) is 0 Å². The van der Waals surface area contributed by atoms with E-state index in [2.05, 4.69) is 30.4 Å². The van der Waals surface area contributed by atoms with Crippen molar-refractivity contribution < 1.29 is 9.90 Å². The quantitative estimate of drug-likeness (QED) is 0.573. The third-order valence-corrected chi connectivity index (χ3v) is 4.07. The van der Waals surface area contributed by atoms with Gasteiger partial charge in [0.2, 0.25) is 0 Å². The summed E-state index contributed by atoms with van der Waals surface area (Å²) in [6.07, 6.45) is 8.31. The smallest absolute Gasteiger partial charge is 0.404 e. The lowest BCUT2D eigenvalue weighted by Crippen LogP contribution is -2.23. The van der Waals surface area contributed by atoms with Gasteiger partial charge in [-0.3, -0.25) is 0 Å². The lowest BCUT2D eigenvalue weighted by Gasteiger charge is -2.10. The molecule has 1 amide bonds. The molecule has 0 fully saturated rings. The molecule has 4 heteroatoms. The molecular formula is C19H28N2O2. The molecule has 1 aromatic carbocycles. The Labute approximate surface area is 139 Å². The molecule has 0 saturated carbocycles. The largest absolute Gasteiger partial charge is 0.465 e. The topological polar surface area (TPSA) is 73.1 Å². The number of amides is 1.